The summed E-state index contributed by atoms with van der Waals surface area (Å²) < 4.78 is 0. The Balaban J connectivity index is 2.43. The second-order valence-corrected chi connectivity index (χ2v) is 4.29. The van der Waals surface area contributed by atoms with E-state index < -0.39 is 0 Å². The maximum atomic E-state index is 5.47. The highest BCUT2D eigenvalue weighted by molar-refractivity contribution is 7.10. The van der Waals surface area contributed by atoms with Gasteiger partial charge in [0.2, 0.25) is 0 Å². The lowest BCUT2D eigenvalue weighted by Gasteiger charge is -2.23. The van der Waals surface area contributed by atoms with Gasteiger partial charge in [-0.05, 0) is 44.9 Å². The van der Waals surface area contributed by atoms with Crippen LogP contribution >= 0.6 is 11.3 Å². The van der Waals surface area contributed by atoms with Crippen LogP contribution in [0.3, 0.4) is 0 Å². The molecule has 3 heteroatoms. The maximum absolute atomic E-state index is 5.47. The molecule has 13 heavy (non-hydrogen) atoms. The van der Waals surface area contributed by atoms with Crippen LogP contribution in [-0.4, -0.2) is 25.0 Å². The van der Waals surface area contributed by atoms with Gasteiger partial charge < -0.3 is 5.73 Å². The lowest BCUT2D eigenvalue weighted by Crippen LogP contribution is -2.24. The zero-order valence-corrected chi connectivity index (χ0v) is 9.18. The van der Waals surface area contributed by atoms with Gasteiger partial charge in [-0.2, -0.15) is 0 Å². The van der Waals surface area contributed by atoms with Crippen molar-refractivity contribution in [3.63, 3.8) is 0 Å². The molecular formula is C10H18N2S. The molecule has 74 valence electrons. The minimum absolute atomic E-state index is 0.520. The number of hydrogen-bond donors (Lipinski definition) is 1. The van der Waals surface area contributed by atoms with Crippen LogP contribution in [0.4, 0.5) is 0 Å². The van der Waals surface area contributed by atoms with Gasteiger partial charge in [0.15, 0.2) is 0 Å². The van der Waals surface area contributed by atoms with Crippen LogP contribution in [0.2, 0.25) is 0 Å². The van der Waals surface area contributed by atoms with E-state index in [0.717, 1.165) is 19.5 Å². The van der Waals surface area contributed by atoms with Crippen LogP contribution < -0.4 is 5.73 Å². The van der Waals surface area contributed by atoms with Crippen molar-refractivity contribution in [1.29, 1.82) is 0 Å². The first-order valence-electron chi connectivity index (χ1n) is 4.69. The summed E-state index contributed by atoms with van der Waals surface area (Å²) in [5.74, 6) is 0. The molecule has 1 rings (SSSR count). The SMILES string of the molecule is CC(c1cccs1)N(C)CCCN. The number of nitrogens with zero attached hydrogens (tertiary/aromatic N) is 1. The third kappa shape index (κ3) is 3.10. The first-order valence-corrected chi connectivity index (χ1v) is 5.57. The zero-order chi connectivity index (χ0) is 9.68. The van der Waals surface area contributed by atoms with Gasteiger partial charge in [-0.15, -0.1) is 11.3 Å². The van der Waals surface area contributed by atoms with Gasteiger partial charge in [-0.25, -0.2) is 0 Å². The van der Waals surface area contributed by atoms with Gasteiger partial charge >= 0.3 is 0 Å². The first-order chi connectivity index (χ1) is 6.25. The smallest absolute Gasteiger partial charge is 0.0410 e. The van der Waals surface area contributed by atoms with Gasteiger partial charge in [0.05, 0.1) is 0 Å². The Bertz CT molecular complexity index is 221. The van der Waals surface area contributed by atoms with Crippen molar-refractivity contribution in [1.82, 2.24) is 4.90 Å². The molecule has 0 aliphatic heterocycles. The van der Waals surface area contributed by atoms with Crippen molar-refractivity contribution in [3.8, 4) is 0 Å². The molecule has 2 N–H and O–H groups in total. The molecule has 1 unspecified atom stereocenters. The summed E-state index contributed by atoms with van der Waals surface area (Å²) in [6.45, 7) is 4.10. The highest BCUT2D eigenvalue weighted by atomic mass is 32.1. The van der Waals surface area contributed by atoms with E-state index in [1.165, 1.54) is 4.88 Å². The normalized spacial score (nSPS) is 13.5. The van der Waals surface area contributed by atoms with Crippen LogP contribution in [0.15, 0.2) is 17.5 Å². The van der Waals surface area contributed by atoms with Gasteiger partial charge in [-0.1, -0.05) is 6.07 Å². The fourth-order valence-electron chi connectivity index (χ4n) is 1.28. The Morgan fingerprint density at radius 2 is 2.38 bits per heavy atom. The summed E-state index contributed by atoms with van der Waals surface area (Å²) in [4.78, 5) is 3.78. The lowest BCUT2D eigenvalue weighted by atomic mass is 10.2. The Labute approximate surface area is 84.4 Å². The summed E-state index contributed by atoms with van der Waals surface area (Å²) in [5.41, 5.74) is 5.47. The zero-order valence-electron chi connectivity index (χ0n) is 8.36. The van der Waals surface area contributed by atoms with Crippen molar-refractivity contribution < 1.29 is 0 Å². The van der Waals surface area contributed by atoms with Crippen molar-refractivity contribution in [3.05, 3.63) is 22.4 Å². The lowest BCUT2D eigenvalue weighted by molar-refractivity contribution is 0.263. The van der Waals surface area contributed by atoms with E-state index in [2.05, 4.69) is 36.4 Å². The molecule has 1 aromatic heterocycles. The second-order valence-electron chi connectivity index (χ2n) is 3.31. The number of rotatable bonds is 5. The van der Waals surface area contributed by atoms with Gasteiger partial charge in [0.25, 0.3) is 0 Å². The number of thiophene rings is 1. The van der Waals surface area contributed by atoms with Gasteiger partial charge in [0, 0.05) is 10.9 Å². The molecule has 0 saturated heterocycles. The molecule has 1 aromatic rings. The van der Waals surface area contributed by atoms with Gasteiger partial charge in [-0.3, -0.25) is 4.90 Å². The molecule has 0 saturated carbocycles. The molecule has 0 spiro atoms. The topological polar surface area (TPSA) is 29.3 Å². The summed E-state index contributed by atoms with van der Waals surface area (Å²) in [6.07, 6.45) is 1.08. The molecule has 0 radical (unpaired) electrons. The third-order valence-electron chi connectivity index (χ3n) is 2.33. The summed E-state index contributed by atoms with van der Waals surface area (Å²) in [6, 6.07) is 4.81. The molecule has 0 amide bonds. The molecule has 0 aliphatic carbocycles. The fraction of sp³-hybridized carbons (Fsp3) is 0.600. The highest BCUT2D eigenvalue weighted by Crippen LogP contribution is 2.22. The molecule has 1 atom stereocenters. The molecule has 0 fully saturated rings. The Kier molecular flexibility index (Phi) is 4.42. The predicted octanol–water partition coefficient (Wildman–Crippen LogP) is 2.09. The van der Waals surface area contributed by atoms with Crippen molar-refractivity contribution in [2.24, 2.45) is 5.73 Å². The number of hydrogen-bond acceptors (Lipinski definition) is 3. The molecule has 0 aromatic carbocycles. The minimum Gasteiger partial charge on any atom is -0.330 e. The van der Waals surface area contributed by atoms with Gasteiger partial charge in [0.1, 0.15) is 0 Å². The first kappa shape index (κ1) is 10.7. The Morgan fingerprint density at radius 1 is 1.62 bits per heavy atom. The molecule has 1 heterocycles. The van der Waals surface area contributed by atoms with Crippen LogP contribution in [0, 0.1) is 0 Å². The van der Waals surface area contributed by atoms with E-state index in [4.69, 9.17) is 5.73 Å². The van der Waals surface area contributed by atoms with E-state index in [-0.39, 0.29) is 0 Å². The second kappa shape index (κ2) is 5.37. The van der Waals surface area contributed by atoms with Crippen LogP contribution in [0.5, 0.6) is 0 Å². The predicted molar refractivity (Wildman–Crippen MR) is 59.0 cm³/mol. The Morgan fingerprint density at radius 3 is 2.92 bits per heavy atom. The average Bonchev–Trinajstić information content (AvgIpc) is 2.65. The van der Waals surface area contributed by atoms with E-state index in [9.17, 15) is 0 Å². The van der Waals surface area contributed by atoms with Crippen molar-refractivity contribution in [2.75, 3.05) is 20.1 Å². The third-order valence-corrected chi connectivity index (χ3v) is 3.37. The number of nitrogens with two attached hydrogens (primary N) is 1. The summed E-state index contributed by atoms with van der Waals surface area (Å²) in [5, 5.41) is 2.13. The Hall–Kier alpha value is -0.380. The van der Waals surface area contributed by atoms with Crippen molar-refractivity contribution >= 4 is 11.3 Å². The van der Waals surface area contributed by atoms with E-state index >= 15 is 0 Å². The fourth-order valence-corrected chi connectivity index (χ4v) is 2.13. The van der Waals surface area contributed by atoms with Crippen LogP contribution in [-0.2, 0) is 0 Å². The minimum atomic E-state index is 0.520. The van der Waals surface area contributed by atoms with Crippen LogP contribution in [0.1, 0.15) is 24.3 Å². The average molecular weight is 198 g/mol. The maximum Gasteiger partial charge on any atom is 0.0410 e. The molecule has 0 bridgehead atoms. The molecular weight excluding hydrogens is 180 g/mol. The van der Waals surface area contributed by atoms with E-state index in [1.807, 2.05) is 11.3 Å². The monoisotopic (exact) mass is 198 g/mol. The highest BCUT2D eigenvalue weighted by Gasteiger charge is 2.10. The van der Waals surface area contributed by atoms with Crippen molar-refractivity contribution in [2.45, 2.75) is 19.4 Å². The molecule has 0 aliphatic rings. The molecule has 2 nitrogen and oxygen atoms in total. The van der Waals surface area contributed by atoms with E-state index in [0.29, 0.717) is 6.04 Å². The summed E-state index contributed by atoms with van der Waals surface area (Å²) >= 11 is 1.82. The van der Waals surface area contributed by atoms with Crippen LogP contribution in [0.25, 0.3) is 0 Å². The quantitative estimate of drug-likeness (QED) is 0.785. The standard InChI is InChI=1S/C10H18N2S/c1-9(10-5-3-8-13-10)12(2)7-4-6-11/h3,5,8-9H,4,6-7,11H2,1-2H3. The largest absolute Gasteiger partial charge is 0.330 e. The van der Waals surface area contributed by atoms with E-state index in [1.54, 1.807) is 0 Å². The summed E-state index contributed by atoms with van der Waals surface area (Å²) in [7, 11) is 2.15.